The van der Waals surface area contributed by atoms with Crippen molar-refractivity contribution >= 4 is 6.03 Å². The summed E-state index contributed by atoms with van der Waals surface area (Å²) in [5.41, 5.74) is 0. The summed E-state index contributed by atoms with van der Waals surface area (Å²) in [5.74, 6) is 1.39. The van der Waals surface area contributed by atoms with Gasteiger partial charge < -0.3 is 24.4 Å². The molecule has 2 amide bonds. The van der Waals surface area contributed by atoms with Crippen LogP contribution in [-0.4, -0.2) is 72.3 Å². The molecule has 7 nitrogen and oxygen atoms in total. The summed E-state index contributed by atoms with van der Waals surface area (Å²) in [5, 5.41) is 2.93. The molecule has 1 unspecified atom stereocenters. The lowest BCUT2D eigenvalue weighted by Crippen LogP contribution is -2.45. The summed E-state index contributed by atoms with van der Waals surface area (Å²) in [4.78, 5) is 20.6. The van der Waals surface area contributed by atoms with Gasteiger partial charge in [-0.1, -0.05) is 0 Å². The SMILES string of the molecule is COCCN1CCCC(CN(C)C(=O)NCc2nccn2C)C1. The zero-order chi connectivity index (χ0) is 16.7. The average molecular weight is 323 g/mol. The molecule has 0 saturated carbocycles. The molecule has 23 heavy (non-hydrogen) atoms. The molecule has 1 N–H and O–H groups in total. The lowest BCUT2D eigenvalue weighted by atomic mass is 9.97. The molecule has 0 aromatic carbocycles. The second-order valence-corrected chi connectivity index (χ2v) is 6.30. The van der Waals surface area contributed by atoms with Gasteiger partial charge in [0.2, 0.25) is 0 Å². The van der Waals surface area contributed by atoms with E-state index in [0.29, 0.717) is 12.5 Å². The molecule has 7 heteroatoms. The van der Waals surface area contributed by atoms with Crippen molar-refractivity contribution in [1.82, 2.24) is 24.7 Å². The van der Waals surface area contributed by atoms with Crippen molar-refractivity contribution in [2.24, 2.45) is 13.0 Å². The molecular formula is C16H29N5O2. The molecule has 0 spiro atoms. The second-order valence-electron chi connectivity index (χ2n) is 6.30. The second kappa shape index (κ2) is 8.88. The Balaban J connectivity index is 1.73. The van der Waals surface area contributed by atoms with Crippen LogP contribution in [-0.2, 0) is 18.3 Å². The molecule has 1 fully saturated rings. The van der Waals surface area contributed by atoms with Crippen LogP contribution >= 0.6 is 0 Å². The maximum absolute atomic E-state index is 12.2. The van der Waals surface area contributed by atoms with Crippen LogP contribution in [0.2, 0.25) is 0 Å². The smallest absolute Gasteiger partial charge is 0.317 e. The van der Waals surface area contributed by atoms with E-state index in [4.69, 9.17) is 4.74 Å². The first-order valence-corrected chi connectivity index (χ1v) is 8.26. The van der Waals surface area contributed by atoms with Gasteiger partial charge in [-0.05, 0) is 25.3 Å². The number of methoxy groups -OCH3 is 1. The number of aromatic nitrogens is 2. The predicted molar refractivity (Wildman–Crippen MR) is 89.1 cm³/mol. The molecule has 0 radical (unpaired) electrons. The van der Waals surface area contributed by atoms with E-state index in [1.165, 1.54) is 12.8 Å². The van der Waals surface area contributed by atoms with E-state index in [2.05, 4.69) is 15.2 Å². The van der Waals surface area contributed by atoms with E-state index in [1.54, 1.807) is 18.2 Å². The van der Waals surface area contributed by atoms with Crippen LogP contribution in [0.15, 0.2) is 12.4 Å². The van der Waals surface area contributed by atoms with Crippen LogP contribution < -0.4 is 5.32 Å². The number of aryl methyl sites for hydroxylation is 1. The van der Waals surface area contributed by atoms with E-state index in [0.717, 1.165) is 38.6 Å². The van der Waals surface area contributed by atoms with Gasteiger partial charge in [0.05, 0.1) is 13.2 Å². The number of likely N-dealkylation sites (tertiary alicyclic amines) is 1. The Hall–Kier alpha value is -1.60. The van der Waals surface area contributed by atoms with E-state index in [1.807, 2.05) is 24.9 Å². The van der Waals surface area contributed by atoms with Gasteiger partial charge in [0, 0.05) is 53.2 Å². The Kier molecular flexibility index (Phi) is 6.85. The van der Waals surface area contributed by atoms with Gasteiger partial charge in [-0.15, -0.1) is 0 Å². The minimum atomic E-state index is -0.0398. The van der Waals surface area contributed by atoms with Crippen molar-refractivity contribution in [1.29, 1.82) is 0 Å². The molecule has 0 aliphatic carbocycles. The lowest BCUT2D eigenvalue weighted by molar-refractivity contribution is 0.105. The van der Waals surface area contributed by atoms with Crippen molar-refractivity contribution in [3.63, 3.8) is 0 Å². The van der Waals surface area contributed by atoms with Gasteiger partial charge in [-0.25, -0.2) is 9.78 Å². The summed E-state index contributed by atoms with van der Waals surface area (Å²) in [7, 11) is 5.53. The minimum absolute atomic E-state index is 0.0398. The first-order valence-electron chi connectivity index (χ1n) is 8.26. The highest BCUT2D eigenvalue weighted by Crippen LogP contribution is 2.17. The summed E-state index contributed by atoms with van der Waals surface area (Å²) < 4.78 is 7.06. The number of piperidine rings is 1. The number of ether oxygens (including phenoxy) is 1. The highest BCUT2D eigenvalue weighted by Gasteiger charge is 2.22. The molecule has 1 aliphatic rings. The number of urea groups is 1. The number of nitrogens with one attached hydrogen (secondary N) is 1. The fourth-order valence-electron chi connectivity index (χ4n) is 3.05. The zero-order valence-electron chi connectivity index (χ0n) is 14.5. The van der Waals surface area contributed by atoms with E-state index >= 15 is 0 Å². The van der Waals surface area contributed by atoms with E-state index in [-0.39, 0.29) is 6.03 Å². The van der Waals surface area contributed by atoms with Gasteiger partial charge in [-0.2, -0.15) is 0 Å². The Morgan fingerprint density at radius 3 is 3.09 bits per heavy atom. The molecule has 2 rings (SSSR count). The van der Waals surface area contributed by atoms with Crippen LogP contribution in [0.3, 0.4) is 0 Å². The molecule has 1 aromatic heterocycles. The normalized spacial score (nSPS) is 18.8. The Labute approximate surface area is 138 Å². The quantitative estimate of drug-likeness (QED) is 0.810. The number of hydrogen-bond donors (Lipinski definition) is 1. The van der Waals surface area contributed by atoms with Crippen LogP contribution in [0, 0.1) is 5.92 Å². The topological polar surface area (TPSA) is 62.6 Å². The third-order valence-corrected chi connectivity index (χ3v) is 4.41. The van der Waals surface area contributed by atoms with Gasteiger partial charge in [0.25, 0.3) is 0 Å². The van der Waals surface area contributed by atoms with Crippen LogP contribution in [0.4, 0.5) is 4.79 Å². The summed E-state index contributed by atoms with van der Waals surface area (Å²) in [6.45, 7) is 5.16. The molecule has 130 valence electrons. The molecule has 2 heterocycles. The van der Waals surface area contributed by atoms with Crippen molar-refractivity contribution in [2.45, 2.75) is 19.4 Å². The molecule has 1 saturated heterocycles. The number of hydrogen-bond acceptors (Lipinski definition) is 4. The molecule has 1 aliphatic heterocycles. The third-order valence-electron chi connectivity index (χ3n) is 4.41. The number of amides is 2. The molecule has 1 aromatic rings. The van der Waals surface area contributed by atoms with Crippen molar-refractivity contribution in [3.05, 3.63) is 18.2 Å². The number of imidazole rings is 1. The van der Waals surface area contributed by atoms with Gasteiger partial charge in [-0.3, -0.25) is 0 Å². The van der Waals surface area contributed by atoms with Crippen molar-refractivity contribution < 1.29 is 9.53 Å². The predicted octanol–water partition coefficient (Wildman–Crippen LogP) is 0.920. The Bertz CT molecular complexity index is 491. The summed E-state index contributed by atoms with van der Waals surface area (Å²) in [6, 6.07) is -0.0398. The van der Waals surface area contributed by atoms with Crippen LogP contribution in [0.25, 0.3) is 0 Å². The van der Waals surface area contributed by atoms with Crippen LogP contribution in [0.5, 0.6) is 0 Å². The molecule has 0 bridgehead atoms. The van der Waals surface area contributed by atoms with E-state index in [9.17, 15) is 4.79 Å². The number of carbonyl (C=O) groups is 1. The highest BCUT2D eigenvalue weighted by molar-refractivity contribution is 5.73. The largest absolute Gasteiger partial charge is 0.383 e. The minimum Gasteiger partial charge on any atom is -0.383 e. The molecule has 1 atom stereocenters. The zero-order valence-corrected chi connectivity index (χ0v) is 14.5. The monoisotopic (exact) mass is 323 g/mol. The Morgan fingerprint density at radius 1 is 1.57 bits per heavy atom. The highest BCUT2D eigenvalue weighted by atomic mass is 16.5. The molecular weight excluding hydrogens is 294 g/mol. The first-order chi connectivity index (χ1) is 11.1. The van der Waals surface area contributed by atoms with Crippen LogP contribution in [0.1, 0.15) is 18.7 Å². The lowest BCUT2D eigenvalue weighted by Gasteiger charge is -2.34. The number of nitrogens with zero attached hydrogens (tertiary/aromatic N) is 4. The third kappa shape index (κ3) is 5.51. The maximum atomic E-state index is 12.2. The number of carbonyl (C=O) groups excluding carboxylic acids is 1. The van der Waals surface area contributed by atoms with Crippen molar-refractivity contribution in [2.75, 3.05) is 46.9 Å². The van der Waals surface area contributed by atoms with Crippen molar-refractivity contribution in [3.8, 4) is 0 Å². The number of rotatable bonds is 7. The van der Waals surface area contributed by atoms with Gasteiger partial charge in [0.15, 0.2) is 0 Å². The van der Waals surface area contributed by atoms with E-state index < -0.39 is 0 Å². The fourth-order valence-corrected chi connectivity index (χ4v) is 3.05. The Morgan fingerprint density at radius 2 is 2.39 bits per heavy atom. The fraction of sp³-hybridized carbons (Fsp3) is 0.750. The van der Waals surface area contributed by atoms with Gasteiger partial charge in [0.1, 0.15) is 5.82 Å². The first kappa shape index (κ1) is 17.7. The van der Waals surface area contributed by atoms with Gasteiger partial charge >= 0.3 is 6.03 Å². The summed E-state index contributed by atoms with van der Waals surface area (Å²) >= 11 is 0. The average Bonchev–Trinajstić information content (AvgIpc) is 2.96. The summed E-state index contributed by atoms with van der Waals surface area (Å²) in [6.07, 6.45) is 5.99. The maximum Gasteiger partial charge on any atom is 0.317 e. The standard InChI is InChI=1S/C16H29N5O2/c1-19-8-6-17-15(19)11-18-16(22)20(2)12-14-5-4-7-21(13-14)9-10-23-3/h6,8,14H,4-5,7,9-13H2,1-3H3,(H,18,22).